The predicted octanol–water partition coefficient (Wildman–Crippen LogP) is 3.68. The molecule has 0 fully saturated rings. The molecule has 148 valence electrons. The van der Waals surface area contributed by atoms with Gasteiger partial charge in [0.25, 0.3) is 11.8 Å². The normalized spacial score (nSPS) is 11.0. The number of methoxy groups -OCH3 is 1. The SMILES string of the molecule is COc1ccc(CNC(=O)/C(=C/c2ccco2)NC(=O)c2ccc(C)cc2)cc1. The van der Waals surface area contributed by atoms with E-state index < -0.39 is 5.91 Å². The molecule has 0 aliphatic carbocycles. The van der Waals surface area contributed by atoms with Crippen LogP contribution in [0.5, 0.6) is 5.75 Å². The molecule has 1 aromatic heterocycles. The number of carbonyl (C=O) groups is 2. The molecule has 0 saturated heterocycles. The fourth-order valence-electron chi connectivity index (χ4n) is 2.59. The van der Waals surface area contributed by atoms with Gasteiger partial charge in [0.2, 0.25) is 0 Å². The summed E-state index contributed by atoms with van der Waals surface area (Å²) < 4.78 is 10.4. The number of aryl methyl sites for hydroxylation is 1. The van der Waals surface area contributed by atoms with Crippen LogP contribution in [0.2, 0.25) is 0 Å². The van der Waals surface area contributed by atoms with Crippen LogP contribution in [0.15, 0.2) is 77.0 Å². The van der Waals surface area contributed by atoms with E-state index >= 15 is 0 Å². The summed E-state index contributed by atoms with van der Waals surface area (Å²) in [6, 6.07) is 17.9. The number of amides is 2. The van der Waals surface area contributed by atoms with E-state index in [1.807, 2.05) is 43.3 Å². The molecular weight excluding hydrogens is 368 g/mol. The third kappa shape index (κ3) is 5.59. The minimum Gasteiger partial charge on any atom is -0.497 e. The van der Waals surface area contributed by atoms with Crippen molar-refractivity contribution in [1.82, 2.24) is 10.6 Å². The number of hydrogen-bond donors (Lipinski definition) is 2. The molecule has 0 aliphatic heterocycles. The number of nitrogens with one attached hydrogen (secondary N) is 2. The quantitative estimate of drug-likeness (QED) is 0.603. The van der Waals surface area contributed by atoms with Crippen LogP contribution in [0.1, 0.15) is 27.2 Å². The van der Waals surface area contributed by atoms with Crippen molar-refractivity contribution in [2.45, 2.75) is 13.5 Å². The Balaban J connectivity index is 1.73. The average Bonchev–Trinajstić information content (AvgIpc) is 3.25. The lowest BCUT2D eigenvalue weighted by Crippen LogP contribution is -2.34. The van der Waals surface area contributed by atoms with Crippen molar-refractivity contribution in [3.63, 3.8) is 0 Å². The Bertz CT molecular complexity index is 988. The van der Waals surface area contributed by atoms with E-state index in [9.17, 15) is 9.59 Å². The van der Waals surface area contributed by atoms with E-state index in [1.165, 1.54) is 12.3 Å². The molecule has 3 rings (SSSR count). The molecule has 6 nitrogen and oxygen atoms in total. The first-order chi connectivity index (χ1) is 14.0. The summed E-state index contributed by atoms with van der Waals surface area (Å²) in [5.41, 5.74) is 2.51. The molecule has 0 aliphatic rings. The highest BCUT2D eigenvalue weighted by Crippen LogP contribution is 2.12. The number of benzene rings is 2. The Morgan fingerprint density at radius 1 is 1.03 bits per heavy atom. The van der Waals surface area contributed by atoms with Gasteiger partial charge in [0.15, 0.2) is 0 Å². The number of ether oxygens (including phenoxy) is 1. The standard InChI is InChI=1S/C23H22N2O4/c1-16-5-9-18(10-6-16)22(26)25-21(14-20-4-3-13-29-20)23(27)24-15-17-7-11-19(28-2)12-8-17/h3-14H,15H2,1-2H3,(H,24,27)(H,25,26)/b21-14-. The van der Waals surface area contributed by atoms with Crippen molar-refractivity contribution < 1.29 is 18.7 Å². The van der Waals surface area contributed by atoms with Crippen LogP contribution >= 0.6 is 0 Å². The summed E-state index contributed by atoms with van der Waals surface area (Å²) in [5, 5.41) is 5.49. The maximum absolute atomic E-state index is 12.7. The summed E-state index contributed by atoms with van der Waals surface area (Å²) in [6.07, 6.45) is 3.00. The van der Waals surface area contributed by atoms with Gasteiger partial charge in [0.05, 0.1) is 13.4 Å². The van der Waals surface area contributed by atoms with Crippen LogP contribution in [-0.4, -0.2) is 18.9 Å². The fourth-order valence-corrected chi connectivity index (χ4v) is 2.59. The molecule has 3 aromatic rings. The first-order valence-electron chi connectivity index (χ1n) is 9.09. The van der Waals surface area contributed by atoms with Gasteiger partial charge >= 0.3 is 0 Å². The first-order valence-corrected chi connectivity index (χ1v) is 9.09. The molecule has 0 atom stereocenters. The van der Waals surface area contributed by atoms with Gasteiger partial charge in [-0.15, -0.1) is 0 Å². The summed E-state index contributed by atoms with van der Waals surface area (Å²) in [7, 11) is 1.60. The van der Waals surface area contributed by atoms with Crippen LogP contribution in [0.4, 0.5) is 0 Å². The third-order valence-corrected chi connectivity index (χ3v) is 4.25. The second-order valence-electron chi connectivity index (χ2n) is 6.42. The van der Waals surface area contributed by atoms with Gasteiger partial charge in [-0.3, -0.25) is 9.59 Å². The Morgan fingerprint density at radius 3 is 2.38 bits per heavy atom. The number of carbonyl (C=O) groups excluding carboxylic acids is 2. The Morgan fingerprint density at radius 2 is 1.76 bits per heavy atom. The highest BCUT2D eigenvalue weighted by Gasteiger charge is 2.15. The van der Waals surface area contributed by atoms with Gasteiger partial charge < -0.3 is 19.8 Å². The molecule has 2 aromatic carbocycles. The van der Waals surface area contributed by atoms with Gasteiger partial charge in [-0.25, -0.2) is 0 Å². The van der Waals surface area contributed by atoms with E-state index in [2.05, 4.69) is 10.6 Å². The number of hydrogen-bond acceptors (Lipinski definition) is 4. The summed E-state index contributed by atoms with van der Waals surface area (Å²) >= 11 is 0. The summed E-state index contributed by atoms with van der Waals surface area (Å²) in [5.74, 6) is 0.410. The second kappa shape index (κ2) is 9.41. The number of rotatable bonds is 7. The second-order valence-corrected chi connectivity index (χ2v) is 6.42. The molecule has 0 spiro atoms. The Hall–Kier alpha value is -3.80. The van der Waals surface area contributed by atoms with E-state index in [0.717, 1.165) is 16.9 Å². The highest BCUT2D eigenvalue weighted by atomic mass is 16.5. The van der Waals surface area contributed by atoms with Crippen molar-refractivity contribution in [3.05, 3.63) is 95.1 Å². The lowest BCUT2D eigenvalue weighted by molar-refractivity contribution is -0.117. The molecule has 2 amide bonds. The fraction of sp³-hybridized carbons (Fsp3) is 0.130. The maximum Gasteiger partial charge on any atom is 0.268 e. The van der Waals surface area contributed by atoms with Gasteiger partial charge in [0.1, 0.15) is 17.2 Å². The van der Waals surface area contributed by atoms with Crippen LogP contribution in [0.3, 0.4) is 0 Å². The zero-order chi connectivity index (χ0) is 20.6. The Labute approximate surface area is 169 Å². The molecule has 0 unspecified atom stereocenters. The minimum atomic E-state index is -0.419. The van der Waals surface area contributed by atoms with Gasteiger partial charge in [-0.05, 0) is 48.9 Å². The predicted molar refractivity (Wildman–Crippen MR) is 110 cm³/mol. The average molecular weight is 390 g/mol. The molecule has 2 N–H and O–H groups in total. The topological polar surface area (TPSA) is 80.6 Å². The van der Waals surface area contributed by atoms with Crippen LogP contribution in [0.25, 0.3) is 6.08 Å². The summed E-state index contributed by atoms with van der Waals surface area (Å²) in [4.78, 5) is 25.3. The maximum atomic E-state index is 12.7. The largest absolute Gasteiger partial charge is 0.497 e. The van der Waals surface area contributed by atoms with Crippen LogP contribution in [0, 0.1) is 6.92 Å². The van der Waals surface area contributed by atoms with Gasteiger partial charge in [-0.1, -0.05) is 29.8 Å². The minimum absolute atomic E-state index is 0.0963. The first kappa shape index (κ1) is 19.9. The van der Waals surface area contributed by atoms with Crippen molar-refractivity contribution in [2.75, 3.05) is 7.11 Å². The lowest BCUT2D eigenvalue weighted by atomic mass is 10.1. The highest BCUT2D eigenvalue weighted by molar-refractivity contribution is 6.05. The van der Waals surface area contributed by atoms with Crippen LogP contribution in [-0.2, 0) is 11.3 Å². The van der Waals surface area contributed by atoms with Crippen molar-refractivity contribution in [3.8, 4) is 5.75 Å². The zero-order valence-electron chi connectivity index (χ0n) is 16.3. The van der Waals surface area contributed by atoms with Crippen molar-refractivity contribution >= 4 is 17.9 Å². The van der Waals surface area contributed by atoms with E-state index in [0.29, 0.717) is 17.9 Å². The van der Waals surface area contributed by atoms with Gasteiger partial charge in [0, 0.05) is 18.2 Å². The monoisotopic (exact) mass is 390 g/mol. The third-order valence-electron chi connectivity index (χ3n) is 4.25. The molecular formula is C23H22N2O4. The lowest BCUT2D eigenvalue weighted by Gasteiger charge is -2.11. The molecule has 6 heteroatoms. The molecule has 0 bridgehead atoms. The van der Waals surface area contributed by atoms with Crippen LogP contribution < -0.4 is 15.4 Å². The Kier molecular flexibility index (Phi) is 6.47. The molecule has 29 heavy (non-hydrogen) atoms. The van der Waals surface area contributed by atoms with Crippen molar-refractivity contribution in [2.24, 2.45) is 0 Å². The zero-order valence-corrected chi connectivity index (χ0v) is 16.3. The molecule has 0 saturated carbocycles. The van der Waals surface area contributed by atoms with Crippen molar-refractivity contribution in [1.29, 1.82) is 0 Å². The molecule has 0 radical (unpaired) electrons. The van der Waals surface area contributed by atoms with E-state index in [4.69, 9.17) is 9.15 Å². The summed E-state index contributed by atoms with van der Waals surface area (Å²) in [6.45, 7) is 2.25. The number of furan rings is 1. The van der Waals surface area contributed by atoms with E-state index in [-0.39, 0.29) is 11.6 Å². The van der Waals surface area contributed by atoms with E-state index in [1.54, 1.807) is 31.4 Å². The molecule has 1 heterocycles. The smallest absolute Gasteiger partial charge is 0.268 e. The van der Waals surface area contributed by atoms with Gasteiger partial charge in [-0.2, -0.15) is 0 Å².